The van der Waals surface area contributed by atoms with E-state index >= 15 is 0 Å². The zero-order valence-electron chi connectivity index (χ0n) is 25.5. The number of fused-ring (bicyclic) bond motifs is 1. The van der Waals surface area contributed by atoms with Crippen molar-refractivity contribution < 1.29 is 44.2 Å². The predicted octanol–water partition coefficient (Wildman–Crippen LogP) is 5.59. The van der Waals surface area contributed by atoms with Gasteiger partial charge in [0.25, 0.3) is 0 Å². The summed E-state index contributed by atoms with van der Waals surface area (Å²) >= 11 is 0. The van der Waals surface area contributed by atoms with Crippen molar-refractivity contribution in [2.45, 2.75) is 61.7 Å². The molecule has 0 amide bonds. The van der Waals surface area contributed by atoms with Gasteiger partial charge < -0.3 is 24.7 Å². The molecule has 2 aliphatic heterocycles. The number of sulfone groups is 1. The SMILES string of the molecule is CS(=O)(=O)c1ccc(N(CC#Cc2cc3c(N)cccc3n2CC(F)(F)F)C2CCC(N3CC4(COC4)C3)CC2)c(OC(F)(F)F)c1. The number of halogens is 6. The molecular weight excluding hydrogens is 650 g/mol. The van der Waals surface area contributed by atoms with E-state index in [0.717, 1.165) is 56.0 Å². The first-order valence-electron chi connectivity index (χ1n) is 15.1. The fourth-order valence-electron chi connectivity index (χ4n) is 6.94. The average molecular weight is 685 g/mol. The Morgan fingerprint density at radius 3 is 2.34 bits per heavy atom. The number of aromatic nitrogens is 1. The molecule has 47 heavy (non-hydrogen) atoms. The van der Waals surface area contributed by atoms with E-state index in [0.29, 0.717) is 24.3 Å². The topological polar surface area (TPSA) is 90.0 Å². The highest BCUT2D eigenvalue weighted by atomic mass is 32.2. The van der Waals surface area contributed by atoms with Crippen LogP contribution in [0.4, 0.5) is 37.7 Å². The predicted molar refractivity (Wildman–Crippen MR) is 164 cm³/mol. The number of anilines is 2. The summed E-state index contributed by atoms with van der Waals surface area (Å²) in [4.78, 5) is 3.70. The number of nitrogens with zero attached hydrogens (tertiary/aromatic N) is 3. The van der Waals surface area contributed by atoms with Gasteiger partial charge in [-0.25, -0.2) is 8.42 Å². The zero-order valence-corrected chi connectivity index (χ0v) is 26.3. The van der Waals surface area contributed by atoms with E-state index in [9.17, 15) is 34.8 Å². The molecule has 1 aliphatic carbocycles. The summed E-state index contributed by atoms with van der Waals surface area (Å²) in [6.07, 6.45) is -6.01. The van der Waals surface area contributed by atoms with Crippen LogP contribution in [0, 0.1) is 17.3 Å². The van der Waals surface area contributed by atoms with Crippen LogP contribution < -0.4 is 15.4 Å². The van der Waals surface area contributed by atoms with Crippen LogP contribution in [0.1, 0.15) is 31.4 Å². The van der Waals surface area contributed by atoms with Gasteiger partial charge in [0.2, 0.25) is 0 Å². The fourth-order valence-corrected chi connectivity index (χ4v) is 7.57. The summed E-state index contributed by atoms with van der Waals surface area (Å²) < 4.78 is 117. The van der Waals surface area contributed by atoms with Crippen LogP contribution in [0.5, 0.6) is 5.75 Å². The van der Waals surface area contributed by atoms with Gasteiger partial charge in [-0.1, -0.05) is 12.0 Å². The number of hydrogen-bond donors (Lipinski definition) is 1. The summed E-state index contributed by atoms with van der Waals surface area (Å²) in [5.74, 6) is 4.99. The first kappa shape index (κ1) is 33.3. The minimum absolute atomic E-state index is 0.0120. The third kappa shape index (κ3) is 7.29. The van der Waals surface area contributed by atoms with E-state index in [1.807, 2.05) is 0 Å². The van der Waals surface area contributed by atoms with Crippen molar-refractivity contribution >= 4 is 32.1 Å². The highest BCUT2D eigenvalue weighted by molar-refractivity contribution is 7.90. The molecule has 8 nitrogen and oxygen atoms in total. The molecule has 1 saturated carbocycles. The third-order valence-electron chi connectivity index (χ3n) is 9.19. The van der Waals surface area contributed by atoms with Crippen LogP contribution >= 0.6 is 0 Å². The van der Waals surface area contributed by atoms with Crippen LogP contribution in [0.3, 0.4) is 0 Å². The molecule has 0 atom stereocenters. The van der Waals surface area contributed by atoms with Crippen LogP contribution in [-0.2, 0) is 21.1 Å². The van der Waals surface area contributed by atoms with E-state index in [-0.39, 0.29) is 45.5 Å². The second-order valence-corrected chi connectivity index (χ2v) is 14.8. The van der Waals surface area contributed by atoms with Gasteiger partial charge in [-0.2, -0.15) is 13.2 Å². The number of alkyl halides is 6. The highest BCUT2D eigenvalue weighted by Gasteiger charge is 2.51. The summed E-state index contributed by atoms with van der Waals surface area (Å²) in [5, 5.41) is 0.398. The Labute approximate surface area is 268 Å². The first-order valence-corrected chi connectivity index (χ1v) is 17.0. The molecule has 0 bridgehead atoms. The largest absolute Gasteiger partial charge is 0.573 e. The normalized spacial score (nSPS) is 21.5. The molecular formula is C32H34F6N4O4S. The Hall–Kier alpha value is -3.61. The quantitative estimate of drug-likeness (QED) is 0.197. The number of ether oxygens (including phenoxy) is 2. The fraction of sp³-hybridized carbons (Fsp3) is 0.500. The van der Waals surface area contributed by atoms with Crippen LogP contribution in [0.2, 0.25) is 0 Å². The maximum Gasteiger partial charge on any atom is 0.573 e. The maximum absolute atomic E-state index is 13.6. The van der Waals surface area contributed by atoms with Crippen molar-refractivity contribution in [1.29, 1.82) is 0 Å². The number of likely N-dealkylation sites (tertiary alicyclic amines) is 1. The number of nitrogen functional groups attached to an aromatic ring is 1. The molecule has 1 aromatic heterocycles. The molecule has 2 N–H and O–H groups in total. The molecule has 1 spiro atoms. The summed E-state index contributed by atoms with van der Waals surface area (Å²) in [7, 11) is -3.87. The Kier molecular flexibility index (Phi) is 8.59. The van der Waals surface area contributed by atoms with Crippen molar-refractivity contribution in [1.82, 2.24) is 9.47 Å². The van der Waals surface area contributed by atoms with Gasteiger partial charge >= 0.3 is 12.5 Å². The van der Waals surface area contributed by atoms with Gasteiger partial charge in [0.15, 0.2) is 15.6 Å². The van der Waals surface area contributed by atoms with Crippen LogP contribution in [0.25, 0.3) is 10.9 Å². The van der Waals surface area contributed by atoms with E-state index in [2.05, 4.69) is 21.5 Å². The average Bonchev–Trinajstić information content (AvgIpc) is 3.26. The van der Waals surface area contributed by atoms with Crippen molar-refractivity contribution in [3.8, 4) is 17.6 Å². The smallest absolute Gasteiger partial charge is 0.404 e. The Balaban J connectivity index is 1.33. The van der Waals surface area contributed by atoms with Gasteiger partial charge in [-0.3, -0.25) is 4.90 Å². The van der Waals surface area contributed by atoms with Crippen molar-refractivity contribution in [3.05, 3.63) is 48.2 Å². The monoisotopic (exact) mass is 684 g/mol. The van der Waals surface area contributed by atoms with Crippen molar-refractivity contribution in [2.75, 3.05) is 49.7 Å². The lowest BCUT2D eigenvalue weighted by molar-refractivity contribution is -0.274. The Bertz CT molecular complexity index is 1810. The molecule has 3 heterocycles. The van der Waals surface area contributed by atoms with E-state index in [1.165, 1.54) is 24.3 Å². The molecule has 15 heteroatoms. The van der Waals surface area contributed by atoms with Gasteiger partial charge in [0, 0.05) is 54.0 Å². The molecule has 0 radical (unpaired) electrons. The Morgan fingerprint density at radius 2 is 1.74 bits per heavy atom. The lowest BCUT2D eigenvalue weighted by atomic mass is 9.75. The molecule has 2 saturated heterocycles. The van der Waals surface area contributed by atoms with E-state index in [4.69, 9.17) is 10.5 Å². The number of hydrogen-bond acceptors (Lipinski definition) is 7. The lowest BCUT2D eigenvalue weighted by Crippen LogP contribution is -2.68. The summed E-state index contributed by atoms with van der Waals surface area (Å²) in [6, 6.07) is 9.42. The highest BCUT2D eigenvalue weighted by Crippen LogP contribution is 2.43. The molecule has 6 rings (SSSR count). The van der Waals surface area contributed by atoms with Gasteiger partial charge in [0.1, 0.15) is 6.54 Å². The molecule has 2 aromatic carbocycles. The van der Waals surface area contributed by atoms with Crippen molar-refractivity contribution in [2.24, 2.45) is 5.41 Å². The first-order chi connectivity index (χ1) is 22.0. The third-order valence-corrected chi connectivity index (χ3v) is 10.3. The number of benzene rings is 2. The second kappa shape index (κ2) is 12.1. The Morgan fingerprint density at radius 1 is 1.04 bits per heavy atom. The zero-order chi connectivity index (χ0) is 33.8. The number of nitrogens with two attached hydrogens (primary N) is 1. The molecule has 3 aromatic rings. The standard InChI is InChI=1S/C32H34F6N4O4S/c1-47(43,44)24-11-12-28(29(15-24)46-32(36,37)38)41(22-9-7-21(8-10-22)40-16-30(17-40)19-45-20-30)13-3-4-23-14-25-26(39)5-2-6-27(25)42(23)18-31(33,34)35/h2,5-6,11-12,14-15,21-22H,7-10,13,16-20,39H2,1H3. The minimum atomic E-state index is -5.11. The minimum Gasteiger partial charge on any atom is -0.404 e. The van der Waals surface area contributed by atoms with E-state index < -0.39 is 34.7 Å². The number of rotatable bonds is 7. The maximum atomic E-state index is 13.6. The lowest BCUT2D eigenvalue weighted by Gasteiger charge is -2.58. The van der Waals surface area contributed by atoms with Gasteiger partial charge in [-0.15, -0.1) is 13.2 Å². The summed E-state index contributed by atoms with van der Waals surface area (Å²) in [6.45, 7) is 1.94. The van der Waals surface area contributed by atoms with Crippen molar-refractivity contribution in [3.63, 3.8) is 0 Å². The van der Waals surface area contributed by atoms with Crippen LogP contribution in [-0.4, -0.2) is 81.6 Å². The van der Waals surface area contributed by atoms with Crippen LogP contribution in [0.15, 0.2) is 47.4 Å². The molecule has 3 fully saturated rings. The molecule has 0 unspecified atom stereocenters. The molecule has 254 valence electrons. The molecule has 3 aliphatic rings. The van der Waals surface area contributed by atoms with Gasteiger partial charge in [-0.05, 0) is 61.9 Å². The van der Waals surface area contributed by atoms with E-state index in [1.54, 1.807) is 17.0 Å². The van der Waals surface area contributed by atoms with Gasteiger partial charge in [0.05, 0.1) is 41.6 Å². The summed E-state index contributed by atoms with van der Waals surface area (Å²) in [5.41, 5.74) is 6.83. The second-order valence-electron chi connectivity index (χ2n) is 12.8.